The molecule has 4 heteroatoms. The summed E-state index contributed by atoms with van der Waals surface area (Å²) in [6.07, 6.45) is 0. The van der Waals surface area contributed by atoms with Crippen LogP contribution in [-0.2, 0) is 0 Å². The SMILES string of the molecule is CN1CC[N+](C)=C1N1CCSCC1. The second-order valence-corrected chi connectivity index (χ2v) is 4.97. The van der Waals surface area contributed by atoms with Crippen LogP contribution in [0.25, 0.3) is 0 Å². The molecule has 0 N–H and O–H groups in total. The third kappa shape index (κ3) is 1.77. The molecule has 13 heavy (non-hydrogen) atoms. The first kappa shape index (κ1) is 9.19. The maximum atomic E-state index is 2.52. The minimum Gasteiger partial charge on any atom is -0.264 e. The smallest absolute Gasteiger partial charge is 0.264 e. The van der Waals surface area contributed by atoms with Crippen LogP contribution in [0.5, 0.6) is 0 Å². The van der Waals surface area contributed by atoms with E-state index in [1.807, 2.05) is 0 Å². The Bertz CT molecular complexity index is 221. The van der Waals surface area contributed by atoms with Gasteiger partial charge in [0, 0.05) is 11.5 Å². The molecule has 0 bridgehead atoms. The van der Waals surface area contributed by atoms with E-state index in [4.69, 9.17) is 0 Å². The van der Waals surface area contributed by atoms with Gasteiger partial charge in [-0.3, -0.25) is 14.4 Å². The molecule has 0 spiro atoms. The van der Waals surface area contributed by atoms with Crippen molar-refractivity contribution in [3.63, 3.8) is 0 Å². The molecule has 0 aliphatic carbocycles. The van der Waals surface area contributed by atoms with Crippen molar-refractivity contribution in [1.82, 2.24) is 9.80 Å². The molecule has 0 saturated carbocycles. The van der Waals surface area contributed by atoms with Gasteiger partial charge in [0.15, 0.2) is 0 Å². The van der Waals surface area contributed by atoms with E-state index >= 15 is 0 Å². The minimum atomic E-state index is 1.18. The Labute approximate surface area is 84.4 Å². The van der Waals surface area contributed by atoms with E-state index in [0.29, 0.717) is 0 Å². The molecule has 1 saturated heterocycles. The van der Waals surface area contributed by atoms with Crippen molar-refractivity contribution in [3.05, 3.63) is 0 Å². The Morgan fingerprint density at radius 2 is 1.92 bits per heavy atom. The molecule has 0 unspecified atom stereocenters. The van der Waals surface area contributed by atoms with Crippen LogP contribution in [0.2, 0.25) is 0 Å². The predicted octanol–water partition coefficient (Wildman–Crippen LogP) is -0.0211. The van der Waals surface area contributed by atoms with Crippen molar-refractivity contribution in [3.8, 4) is 0 Å². The molecule has 0 aromatic carbocycles. The van der Waals surface area contributed by atoms with Gasteiger partial charge in [-0.15, -0.1) is 0 Å². The molecule has 0 amide bonds. The van der Waals surface area contributed by atoms with Crippen LogP contribution in [0, 0.1) is 0 Å². The zero-order chi connectivity index (χ0) is 9.26. The van der Waals surface area contributed by atoms with Gasteiger partial charge < -0.3 is 0 Å². The highest BCUT2D eigenvalue weighted by Gasteiger charge is 2.31. The van der Waals surface area contributed by atoms with Crippen molar-refractivity contribution in [2.75, 3.05) is 51.8 Å². The summed E-state index contributed by atoms with van der Waals surface area (Å²) < 4.78 is 2.37. The maximum absolute atomic E-state index is 2.52. The highest BCUT2D eigenvalue weighted by Crippen LogP contribution is 2.12. The first-order valence-electron chi connectivity index (χ1n) is 4.91. The highest BCUT2D eigenvalue weighted by atomic mass is 32.2. The molecule has 0 aromatic rings. The summed E-state index contributed by atoms with van der Waals surface area (Å²) >= 11 is 2.07. The quantitative estimate of drug-likeness (QED) is 0.509. The fourth-order valence-electron chi connectivity index (χ4n) is 2.04. The van der Waals surface area contributed by atoms with E-state index in [-0.39, 0.29) is 0 Å². The van der Waals surface area contributed by atoms with E-state index in [1.165, 1.54) is 43.6 Å². The van der Waals surface area contributed by atoms with Crippen LogP contribution >= 0.6 is 11.8 Å². The molecule has 74 valence electrons. The van der Waals surface area contributed by atoms with E-state index in [2.05, 4.69) is 40.2 Å². The van der Waals surface area contributed by atoms with Crippen molar-refractivity contribution < 1.29 is 4.58 Å². The number of hydrogen-bond donors (Lipinski definition) is 0. The Hall–Kier alpha value is -0.380. The third-order valence-corrected chi connectivity index (χ3v) is 3.69. The Morgan fingerprint density at radius 3 is 2.46 bits per heavy atom. The summed E-state index contributed by atoms with van der Waals surface area (Å²) in [5.74, 6) is 4.00. The standard InChI is InChI=1S/C9H18N3S/c1-10-3-4-11(2)9(10)12-5-7-13-8-6-12/h3-8H2,1-2H3/q+1. The van der Waals surface area contributed by atoms with E-state index < -0.39 is 0 Å². The van der Waals surface area contributed by atoms with Gasteiger partial charge in [0.25, 0.3) is 0 Å². The lowest BCUT2D eigenvalue weighted by atomic mass is 10.5. The predicted molar refractivity (Wildman–Crippen MR) is 57.6 cm³/mol. The lowest BCUT2D eigenvalue weighted by Crippen LogP contribution is -2.46. The van der Waals surface area contributed by atoms with Crippen LogP contribution in [-0.4, -0.2) is 72.1 Å². The van der Waals surface area contributed by atoms with Crippen LogP contribution in [0.15, 0.2) is 0 Å². The molecule has 0 atom stereocenters. The van der Waals surface area contributed by atoms with Crippen molar-refractivity contribution in [2.24, 2.45) is 0 Å². The van der Waals surface area contributed by atoms with E-state index in [1.54, 1.807) is 0 Å². The van der Waals surface area contributed by atoms with E-state index in [9.17, 15) is 0 Å². The summed E-state index contributed by atoms with van der Waals surface area (Å²) in [6.45, 7) is 4.79. The van der Waals surface area contributed by atoms with Crippen LogP contribution in [0.3, 0.4) is 0 Å². The molecule has 3 nitrogen and oxygen atoms in total. The maximum Gasteiger partial charge on any atom is 0.350 e. The summed E-state index contributed by atoms with van der Waals surface area (Å²) in [4.78, 5) is 4.89. The van der Waals surface area contributed by atoms with Gasteiger partial charge in [0.1, 0.15) is 0 Å². The molecular weight excluding hydrogens is 182 g/mol. The van der Waals surface area contributed by atoms with Gasteiger partial charge in [-0.05, 0) is 0 Å². The zero-order valence-corrected chi connectivity index (χ0v) is 9.31. The van der Waals surface area contributed by atoms with Crippen molar-refractivity contribution in [2.45, 2.75) is 0 Å². The van der Waals surface area contributed by atoms with Crippen LogP contribution in [0.4, 0.5) is 0 Å². The molecular formula is C9H18N3S+. The monoisotopic (exact) mass is 200 g/mol. The van der Waals surface area contributed by atoms with Crippen LogP contribution in [0.1, 0.15) is 0 Å². The molecule has 2 heterocycles. The molecule has 0 radical (unpaired) electrons. The van der Waals surface area contributed by atoms with Crippen LogP contribution < -0.4 is 0 Å². The van der Waals surface area contributed by atoms with Crippen molar-refractivity contribution in [1.29, 1.82) is 0 Å². The van der Waals surface area contributed by atoms with Gasteiger partial charge >= 0.3 is 5.96 Å². The van der Waals surface area contributed by atoms with Crippen molar-refractivity contribution >= 4 is 17.7 Å². The molecule has 2 rings (SSSR count). The van der Waals surface area contributed by atoms with Gasteiger partial charge in [0.2, 0.25) is 0 Å². The second-order valence-electron chi connectivity index (χ2n) is 3.74. The fraction of sp³-hybridized carbons (Fsp3) is 0.889. The first-order valence-corrected chi connectivity index (χ1v) is 6.06. The lowest BCUT2D eigenvalue weighted by Gasteiger charge is -2.25. The summed E-state index contributed by atoms with van der Waals surface area (Å²) in [5.41, 5.74) is 0. The first-order chi connectivity index (χ1) is 6.29. The Balaban J connectivity index is 2.09. The normalized spacial score (nSPS) is 24.5. The number of nitrogens with zero attached hydrogens (tertiary/aromatic N) is 3. The highest BCUT2D eigenvalue weighted by molar-refractivity contribution is 7.99. The second kappa shape index (κ2) is 3.78. The molecule has 2 aliphatic rings. The number of hydrogen-bond acceptors (Lipinski definition) is 3. The third-order valence-electron chi connectivity index (χ3n) is 2.75. The Morgan fingerprint density at radius 1 is 1.23 bits per heavy atom. The minimum absolute atomic E-state index is 1.18. The number of likely N-dealkylation sites (N-methyl/N-ethyl adjacent to an activating group) is 2. The number of thioether (sulfide) groups is 1. The largest absolute Gasteiger partial charge is 0.350 e. The number of guanidine groups is 1. The average molecular weight is 200 g/mol. The summed E-state index contributed by atoms with van der Waals surface area (Å²) in [6, 6.07) is 0. The summed E-state index contributed by atoms with van der Waals surface area (Å²) in [5, 5.41) is 0. The average Bonchev–Trinajstić information content (AvgIpc) is 2.48. The molecule has 2 aliphatic heterocycles. The van der Waals surface area contributed by atoms with E-state index in [0.717, 1.165) is 0 Å². The van der Waals surface area contributed by atoms with Gasteiger partial charge in [-0.1, -0.05) is 0 Å². The van der Waals surface area contributed by atoms with Gasteiger partial charge in [0.05, 0.1) is 40.3 Å². The van der Waals surface area contributed by atoms with Gasteiger partial charge in [-0.2, -0.15) is 11.8 Å². The zero-order valence-electron chi connectivity index (χ0n) is 8.49. The number of rotatable bonds is 0. The topological polar surface area (TPSA) is 9.49 Å². The fourth-order valence-corrected chi connectivity index (χ4v) is 2.94. The summed E-state index contributed by atoms with van der Waals surface area (Å²) in [7, 11) is 4.39. The van der Waals surface area contributed by atoms with Gasteiger partial charge in [-0.25, -0.2) is 0 Å². The molecule has 1 fully saturated rings. The lowest BCUT2D eigenvalue weighted by molar-refractivity contribution is -0.491. The molecule has 0 aromatic heterocycles. The Kier molecular flexibility index (Phi) is 2.67.